The van der Waals surface area contributed by atoms with Crippen LogP contribution >= 0.6 is 0 Å². The van der Waals surface area contributed by atoms with Gasteiger partial charge in [-0.3, -0.25) is 9.59 Å². The van der Waals surface area contributed by atoms with Crippen molar-refractivity contribution in [2.75, 3.05) is 0 Å². The maximum Gasteiger partial charge on any atom is 0.308 e. The Bertz CT molecular complexity index is 305. The summed E-state index contributed by atoms with van der Waals surface area (Å²) in [4.78, 5) is 22.6. The molecule has 90 valence electrons. The average molecular weight is 225 g/mol. The van der Waals surface area contributed by atoms with E-state index in [2.05, 4.69) is 5.32 Å². The first-order chi connectivity index (χ1) is 7.52. The van der Waals surface area contributed by atoms with E-state index in [4.69, 9.17) is 5.11 Å². The first-order valence-corrected chi connectivity index (χ1v) is 6.05. The number of carboxylic acids is 1. The monoisotopic (exact) mass is 225 g/mol. The van der Waals surface area contributed by atoms with E-state index in [1.165, 1.54) is 19.3 Å². The van der Waals surface area contributed by atoms with Crippen molar-refractivity contribution in [2.24, 2.45) is 23.7 Å². The molecule has 0 radical (unpaired) electrons. The Labute approximate surface area is 95.4 Å². The molecule has 4 atom stereocenters. The minimum absolute atomic E-state index is 0.0651. The van der Waals surface area contributed by atoms with Crippen LogP contribution in [-0.4, -0.2) is 23.0 Å². The molecular formula is C12H19NO3. The summed E-state index contributed by atoms with van der Waals surface area (Å²) in [7, 11) is 0. The van der Waals surface area contributed by atoms with Gasteiger partial charge in [-0.2, -0.15) is 0 Å². The number of nitrogens with one attached hydrogen (secondary N) is 1. The molecule has 4 heteroatoms. The highest BCUT2D eigenvalue weighted by Gasteiger charge is 2.56. The van der Waals surface area contributed by atoms with Gasteiger partial charge in [0, 0.05) is 12.0 Å². The van der Waals surface area contributed by atoms with Crippen molar-refractivity contribution in [1.29, 1.82) is 0 Å². The second kappa shape index (κ2) is 4.07. The molecule has 0 spiro atoms. The maximum atomic E-state index is 11.9. The van der Waals surface area contributed by atoms with Crippen LogP contribution in [0.15, 0.2) is 0 Å². The Morgan fingerprint density at radius 1 is 1.25 bits per heavy atom. The first-order valence-electron chi connectivity index (χ1n) is 6.05. The standard InChI is InChI=1S/C12H19NO3/c1-6(12(15)16)7(2)13-11(14)10-8-4-3-5-9(8)10/h6-10H,3-5H2,1-2H3,(H,13,14)(H,15,16). The van der Waals surface area contributed by atoms with Gasteiger partial charge < -0.3 is 10.4 Å². The maximum absolute atomic E-state index is 11.9. The highest BCUT2D eigenvalue weighted by atomic mass is 16.4. The molecule has 0 aromatic rings. The van der Waals surface area contributed by atoms with Gasteiger partial charge in [-0.1, -0.05) is 6.42 Å². The van der Waals surface area contributed by atoms with E-state index in [1.54, 1.807) is 13.8 Å². The molecule has 4 unspecified atom stereocenters. The van der Waals surface area contributed by atoms with Crippen molar-refractivity contribution in [3.8, 4) is 0 Å². The van der Waals surface area contributed by atoms with Crippen LogP contribution in [0.4, 0.5) is 0 Å². The molecule has 0 heterocycles. The minimum Gasteiger partial charge on any atom is -0.481 e. The molecule has 2 fully saturated rings. The fraction of sp³-hybridized carbons (Fsp3) is 0.833. The summed E-state index contributed by atoms with van der Waals surface area (Å²) < 4.78 is 0. The molecule has 16 heavy (non-hydrogen) atoms. The van der Waals surface area contributed by atoms with Gasteiger partial charge in [0.2, 0.25) is 5.91 Å². The van der Waals surface area contributed by atoms with Crippen LogP contribution < -0.4 is 5.32 Å². The highest BCUT2D eigenvalue weighted by Crippen LogP contribution is 2.57. The zero-order valence-corrected chi connectivity index (χ0v) is 9.77. The fourth-order valence-corrected chi connectivity index (χ4v) is 2.87. The average Bonchev–Trinajstić information content (AvgIpc) is 2.72. The molecule has 4 nitrogen and oxygen atoms in total. The summed E-state index contributed by atoms with van der Waals surface area (Å²) in [6.45, 7) is 3.38. The number of fused-ring (bicyclic) bond motifs is 1. The molecule has 2 N–H and O–H groups in total. The minimum atomic E-state index is -0.858. The Morgan fingerprint density at radius 2 is 1.81 bits per heavy atom. The number of rotatable bonds is 4. The zero-order valence-electron chi connectivity index (χ0n) is 9.77. The topological polar surface area (TPSA) is 66.4 Å². The van der Waals surface area contributed by atoms with Crippen LogP contribution in [0.25, 0.3) is 0 Å². The zero-order chi connectivity index (χ0) is 11.9. The number of hydrogen-bond donors (Lipinski definition) is 2. The van der Waals surface area contributed by atoms with Gasteiger partial charge in [-0.25, -0.2) is 0 Å². The summed E-state index contributed by atoms with van der Waals surface area (Å²) in [5.74, 6) is 0.0403. The van der Waals surface area contributed by atoms with Gasteiger partial charge in [0.15, 0.2) is 0 Å². The third-order valence-electron chi connectivity index (χ3n) is 4.22. The second-order valence-corrected chi connectivity index (χ2v) is 5.21. The first kappa shape index (κ1) is 11.4. The van der Waals surface area contributed by atoms with Crippen molar-refractivity contribution in [3.05, 3.63) is 0 Å². The summed E-state index contributed by atoms with van der Waals surface area (Å²) >= 11 is 0. The van der Waals surface area contributed by atoms with Gasteiger partial charge in [-0.05, 0) is 38.5 Å². The summed E-state index contributed by atoms with van der Waals surface area (Å²) in [6, 6.07) is -0.286. The molecular weight excluding hydrogens is 206 g/mol. The van der Waals surface area contributed by atoms with Gasteiger partial charge in [0.05, 0.1) is 5.92 Å². The van der Waals surface area contributed by atoms with Crippen LogP contribution in [0.1, 0.15) is 33.1 Å². The van der Waals surface area contributed by atoms with Gasteiger partial charge in [0.25, 0.3) is 0 Å². The number of amides is 1. The van der Waals surface area contributed by atoms with E-state index in [1.807, 2.05) is 0 Å². The lowest BCUT2D eigenvalue weighted by Crippen LogP contribution is -2.41. The molecule has 1 amide bonds. The molecule has 2 aliphatic rings. The van der Waals surface area contributed by atoms with Crippen LogP contribution in [0.5, 0.6) is 0 Å². The molecule has 2 saturated carbocycles. The number of aliphatic carboxylic acids is 1. The molecule has 2 aliphatic carbocycles. The lowest BCUT2D eigenvalue weighted by atomic mass is 10.0. The molecule has 0 bridgehead atoms. The highest BCUT2D eigenvalue weighted by molar-refractivity contribution is 5.83. The van der Waals surface area contributed by atoms with Gasteiger partial charge in [-0.15, -0.1) is 0 Å². The van der Waals surface area contributed by atoms with Gasteiger partial charge in [0.1, 0.15) is 0 Å². The van der Waals surface area contributed by atoms with E-state index in [9.17, 15) is 9.59 Å². The van der Waals surface area contributed by atoms with Crippen molar-refractivity contribution in [2.45, 2.75) is 39.2 Å². The predicted molar refractivity (Wildman–Crippen MR) is 58.7 cm³/mol. The molecule has 2 rings (SSSR count). The quantitative estimate of drug-likeness (QED) is 0.757. The van der Waals surface area contributed by atoms with Crippen LogP contribution in [0.2, 0.25) is 0 Å². The normalized spacial score (nSPS) is 35.0. The Kier molecular flexibility index (Phi) is 2.91. The lowest BCUT2D eigenvalue weighted by Gasteiger charge is -2.18. The van der Waals surface area contributed by atoms with E-state index in [0.29, 0.717) is 11.8 Å². The van der Waals surface area contributed by atoms with E-state index < -0.39 is 11.9 Å². The number of carbonyl (C=O) groups is 2. The lowest BCUT2D eigenvalue weighted by molar-refractivity contribution is -0.142. The fourth-order valence-electron chi connectivity index (χ4n) is 2.87. The molecule has 0 aromatic heterocycles. The van der Waals surface area contributed by atoms with E-state index >= 15 is 0 Å². The third kappa shape index (κ3) is 1.93. The third-order valence-corrected chi connectivity index (χ3v) is 4.22. The summed E-state index contributed by atoms with van der Waals surface area (Å²) in [5.41, 5.74) is 0. The van der Waals surface area contributed by atoms with Crippen LogP contribution in [-0.2, 0) is 9.59 Å². The van der Waals surface area contributed by atoms with Crippen molar-refractivity contribution in [1.82, 2.24) is 5.32 Å². The largest absolute Gasteiger partial charge is 0.481 e. The van der Waals surface area contributed by atoms with E-state index in [0.717, 1.165) is 0 Å². The Balaban J connectivity index is 1.82. The second-order valence-electron chi connectivity index (χ2n) is 5.21. The van der Waals surface area contributed by atoms with Crippen molar-refractivity contribution in [3.63, 3.8) is 0 Å². The van der Waals surface area contributed by atoms with Crippen molar-refractivity contribution >= 4 is 11.9 Å². The summed E-state index contributed by atoms with van der Waals surface area (Å²) in [5, 5.41) is 11.7. The Hall–Kier alpha value is -1.06. The molecule has 0 saturated heterocycles. The van der Waals surface area contributed by atoms with Crippen LogP contribution in [0, 0.1) is 23.7 Å². The number of carbonyl (C=O) groups excluding carboxylic acids is 1. The smallest absolute Gasteiger partial charge is 0.308 e. The van der Waals surface area contributed by atoms with Crippen LogP contribution in [0.3, 0.4) is 0 Å². The van der Waals surface area contributed by atoms with Crippen molar-refractivity contribution < 1.29 is 14.7 Å². The van der Waals surface area contributed by atoms with E-state index in [-0.39, 0.29) is 17.9 Å². The molecule has 0 aromatic carbocycles. The predicted octanol–water partition coefficient (Wildman–Crippen LogP) is 1.26. The molecule has 0 aliphatic heterocycles. The SMILES string of the molecule is CC(NC(=O)C1C2CCCC21)C(C)C(=O)O. The van der Waals surface area contributed by atoms with Gasteiger partial charge >= 0.3 is 5.97 Å². The number of hydrogen-bond acceptors (Lipinski definition) is 2. The Morgan fingerprint density at radius 3 is 2.31 bits per heavy atom. The summed E-state index contributed by atoms with van der Waals surface area (Å²) in [6.07, 6.45) is 3.59. The number of carboxylic acid groups (broad SMARTS) is 1.